The molecule has 1 rings (SSSR count). The summed E-state index contributed by atoms with van der Waals surface area (Å²) >= 11 is 0. The number of carbonyl (C=O) groups excluding carboxylic acids is 2. The number of nitrogens with zero attached hydrogens (tertiary/aromatic N) is 1. The quantitative estimate of drug-likeness (QED) is 0.585. The van der Waals surface area contributed by atoms with Crippen molar-refractivity contribution in [2.45, 2.75) is 45.6 Å². The Kier molecular flexibility index (Phi) is 2.84. The number of piperidine rings is 1. The normalized spacial score (nSPS) is 21.3. The maximum atomic E-state index is 11.3. The molecule has 2 amide bonds. The largest absolute Gasteiger partial charge is 0.280 e. The molecule has 0 aromatic carbocycles. The van der Waals surface area contributed by atoms with Crippen LogP contribution in [0, 0.1) is 0 Å². The Balaban J connectivity index is 2.69. The third kappa shape index (κ3) is 1.65. The summed E-state index contributed by atoms with van der Waals surface area (Å²) in [5.74, 6) is 0.00111. The number of hydrogen-bond donors (Lipinski definition) is 0. The molecule has 1 saturated heterocycles. The number of rotatable bonds is 2. The molecule has 0 N–H and O–H groups in total. The zero-order valence-electron chi connectivity index (χ0n) is 7.67. The lowest BCUT2D eigenvalue weighted by molar-refractivity contribution is -0.150. The van der Waals surface area contributed by atoms with Crippen LogP contribution < -0.4 is 0 Å². The van der Waals surface area contributed by atoms with E-state index in [0.717, 1.165) is 12.8 Å². The highest BCUT2D eigenvalue weighted by atomic mass is 16.2. The average molecular weight is 169 g/mol. The van der Waals surface area contributed by atoms with E-state index in [-0.39, 0.29) is 17.9 Å². The van der Waals surface area contributed by atoms with Crippen LogP contribution in [-0.4, -0.2) is 22.8 Å². The van der Waals surface area contributed by atoms with Crippen molar-refractivity contribution in [1.82, 2.24) is 4.90 Å². The van der Waals surface area contributed by atoms with E-state index in [1.165, 1.54) is 4.90 Å². The fourth-order valence-corrected chi connectivity index (χ4v) is 1.45. The lowest BCUT2D eigenvalue weighted by Gasteiger charge is -2.29. The van der Waals surface area contributed by atoms with Crippen LogP contribution >= 0.6 is 0 Å². The Morgan fingerprint density at radius 1 is 1.33 bits per heavy atom. The summed E-state index contributed by atoms with van der Waals surface area (Å²) in [7, 11) is 0. The predicted octanol–water partition coefficient (Wildman–Crippen LogP) is 1.32. The molecule has 1 aliphatic heterocycles. The highest BCUT2D eigenvalue weighted by Gasteiger charge is 2.28. The topological polar surface area (TPSA) is 37.4 Å². The van der Waals surface area contributed by atoms with Gasteiger partial charge >= 0.3 is 0 Å². The summed E-state index contributed by atoms with van der Waals surface area (Å²) in [5.41, 5.74) is 0. The highest BCUT2D eigenvalue weighted by molar-refractivity contribution is 5.97. The molecule has 0 saturated carbocycles. The average Bonchev–Trinajstić information content (AvgIpc) is 2.03. The van der Waals surface area contributed by atoms with Crippen LogP contribution in [0.2, 0.25) is 0 Å². The molecule has 0 aromatic rings. The lowest BCUT2D eigenvalue weighted by Crippen LogP contribution is -2.45. The van der Waals surface area contributed by atoms with Gasteiger partial charge in [-0.2, -0.15) is 0 Å². The van der Waals surface area contributed by atoms with E-state index in [2.05, 4.69) is 0 Å². The molecular formula is C9H15NO2. The Morgan fingerprint density at radius 2 is 1.83 bits per heavy atom. The number of imide groups is 1. The minimum atomic E-state index is 0.000556. The SMILES string of the molecule is CCC(C)N1C(=O)CCCC1=O. The molecule has 1 fully saturated rings. The minimum absolute atomic E-state index is 0.000556. The summed E-state index contributed by atoms with van der Waals surface area (Å²) in [4.78, 5) is 24.0. The first-order valence-corrected chi connectivity index (χ1v) is 4.51. The van der Waals surface area contributed by atoms with Gasteiger partial charge in [-0.1, -0.05) is 6.92 Å². The number of amides is 2. The van der Waals surface area contributed by atoms with Crippen LogP contribution in [0.3, 0.4) is 0 Å². The molecule has 1 aliphatic rings. The minimum Gasteiger partial charge on any atom is -0.280 e. The standard InChI is InChI=1S/C9H15NO2/c1-3-7(2)10-8(11)5-4-6-9(10)12/h7H,3-6H2,1-2H3. The van der Waals surface area contributed by atoms with Gasteiger partial charge in [0.25, 0.3) is 0 Å². The third-order valence-corrected chi connectivity index (χ3v) is 2.35. The van der Waals surface area contributed by atoms with Crippen LogP contribution in [0.1, 0.15) is 39.5 Å². The van der Waals surface area contributed by atoms with Crippen LogP contribution in [0.5, 0.6) is 0 Å². The summed E-state index contributed by atoms with van der Waals surface area (Å²) in [5, 5.41) is 0. The van der Waals surface area contributed by atoms with Gasteiger partial charge in [0.15, 0.2) is 0 Å². The van der Waals surface area contributed by atoms with Crippen LogP contribution in [-0.2, 0) is 9.59 Å². The van der Waals surface area contributed by atoms with Crippen LogP contribution in [0.4, 0.5) is 0 Å². The second-order valence-electron chi connectivity index (χ2n) is 3.27. The van der Waals surface area contributed by atoms with Gasteiger partial charge in [0, 0.05) is 18.9 Å². The van der Waals surface area contributed by atoms with E-state index < -0.39 is 0 Å². The second kappa shape index (κ2) is 3.70. The van der Waals surface area contributed by atoms with E-state index in [1.54, 1.807) is 0 Å². The Hall–Kier alpha value is -0.860. The molecule has 0 aromatic heterocycles. The first-order valence-electron chi connectivity index (χ1n) is 4.51. The molecule has 0 aliphatic carbocycles. The fourth-order valence-electron chi connectivity index (χ4n) is 1.45. The van der Waals surface area contributed by atoms with Crippen molar-refractivity contribution >= 4 is 11.8 Å². The van der Waals surface area contributed by atoms with E-state index in [1.807, 2.05) is 13.8 Å². The van der Waals surface area contributed by atoms with Crippen LogP contribution in [0.25, 0.3) is 0 Å². The van der Waals surface area contributed by atoms with Gasteiger partial charge in [-0.15, -0.1) is 0 Å². The van der Waals surface area contributed by atoms with Crippen molar-refractivity contribution in [3.05, 3.63) is 0 Å². The van der Waals surface area contributed by atoms with Gasteiger partial charge in [-0.3, -0.25) is 14.5 Å². The van der Waals surface area contributed by atoms with Gasteiger partial charge in [-0.05, 0) is 19.8 Å². The van der Waals surface area contributed by atoms with Crippen molar-refractivity contribution < 1.29 is 9.59 Å². The zero-order chi connectivity index (χ0) is 9.14. The van der Waals surface area contributed by atoms with Gasteiger partial charge in [-0.25, -0.2) is 0 Å². The van der Waals surface area contributed by atoms with E-state index in [0.29, 0.717) is 12.8 Å². The van der Waals surface area contributed by atoms with Crippen LogP contribution in [0.15, 0.2) is 0 Å². The summed E-state index contributed by atoms with van der Waals surface area (Å²) in [6, 6.07) is 0.0744. The monoisotopic (exact) mass is 169 g/mol. The third-order valence-electron chi connectivity index (χ3n) is 2.35. The fraction of sp³-hybridized carbons (Fsp3) is 0.778. The Bertz CT molecular complexity index is 185. The smallest absolute Gasteiger partial charge is 0.229 e. The summed E-state index contributed by atoms with van der Waals surface area (Å²) in [6.07, 6.45) is 2.65. The second-order valence-corrected chi connectivity index (χ2v) is 3.27. The van der Waals surface area contributed by atoms with E-state index >= 15 is 0 Å². The Morgan fingerprint density at radius 3 is 2.25 bits per heavy atom. The number of likely N-dealkylation sites (tertiary alicyclic amines) is 1. The molecule has 3 nitrogen and oxygen atoms in total. The molecule has 12 heavy (non-hydrogen) atoms. The molecule has 68 valence electrons. The van der Waals surface area contributed by atoms with Gasteiger partial charge < -0.3 is 0 Å². The number of hydrogen-bond acceptors (Lipinski definition) is 2. The molecule has 3 heteroatoms. The molecular weight excluding hydrogens is 154 g/mol. The predicted molar refractivity (Wildman–Crippen MR) is 45.5 cm³/mol. The zero-order valence-corrected chi connectivity index (χ0v) is 7.67. The van der Waals surface area contributed by atoms with E-state index in [9.17, 15) is 9.59 Å². The van der Waals surface area contributed by atoms with Crippen molar-refractivity contribution in [3.8, 4) is 0 Å². The van der Waals surface area contributed by atoms with Gasteiger partial charge in [0.05, 0.1) is 0 Å². The van der Waals surface area contributed by atoms with Gasteiger partial charge in [0.1, 0.15) is 0 Å². The highest BCUT2D eigenvalue weighted by Crippen LogP contribution is 2.16. The summed E-state index contributed by atoms with van der Waals surface area (Å²) in [6.45, 7) is 3.90. The van der Waals surface area contributed by atoms with E-state index in [4.69, 9.17) is 0 Å². The maximum Gasteiger partial charge on any atom is 0.229 e. The first kappa shape index (κ1) is 9.23. The summed E-state index contributed by atoms with van der Waals surface area (Å²) < 4.78 is 0. The Labute approximate surface area is 72.7 Å². The molecule has 1 heterocycles. The first-order chi connectivity index (χ1) is 5.66. The lowest BCUT2D eigenvalue weighted by atomic mass is 10.1. The van der Waals surface area contributed by atoms with Crippen molar-refractivity contribution in [3.63, 3.8) is 0 Å². The number of carbonyl (C=O) groups is 2. The molecule has 0 bridgehead atoms. The van der Waals surface area contributed by atoms with Crippen molar-refractivity contribution in [1.29, 1.82) is 0 Å². The molecule has 0 spiro atoms. The molecule has 1 unspecified atom stereocenters. The maximum absolute atomic E-state index is 11.3. The van der Waals surface area contributed by atoms with Gasteiger partial charge in [0.2, 0.25) is 11.8 Å². The van der Waals surface area contributed by atoms with Crippen molar-refractivity contribution in [2.24, 2.45) is 0 Å². The molecule has 1 atom stereocenters. The molecule has 0 radical (unpaired) electrons. The van der Waals surface area contributed by atoms with Crippen molar-refractivity contribution in [2.75, 3.05) is 0 Å².